The van der Waals surface area contributed by atoms with E-state index in [4.69, 9.17) is 0 Å². The van der Waals surface area contributed by atoms with E-state index in [1.54, 1.807) is 24.4 Å². The summed E-state index contributed by atoms with van der Waals surface area (Å²) in [7, 11) is 0. The first kappa shape index (κ1) is 10.1. The molecule has 0 fully saturated rings. The lowest BCUT2D eigenvalue weighted by molar-refractivity contribution is 0.112. The molecule has 1 aromatic carbocycles. The minimum absolute atomic E-state index is 0.214. The van der Waals surface area contributed by atoms with Crippen molar-refractivity contribution in [2.75, 3.05) is 0 Å². The van der Waals surface area contributed by atoms with Crippen LogP contribution in [0.3, 0.4) is 0 Å². The predicted molar refractivity (Wildman–Crippen MR) is 59.8 cm³/mol. The molecule has 1 aromatic heterocycles. The molecular weight excluding hydrogens is 211 g/mol. The van der Waals surface area contributed by atoms with E-state index in [0.29, 0.717) is 11.1 Å². The van der Waals surface area contributed by atoms with Gasteiger partial charge in [-0.15, -0.1) is 11.3 Å². The van der Waals surface area contributed by atoms with Crippen LogP contribution in [0.5, 0.6) is 0 Å². The number of hydrogen-bond acceptors (Lipinski definition) is 2. The minimum Gasteiger partial charge on any atom is -0.298 e. The SMILES string of the molecule is Cc1c(F)cccc1-c1cc(C=O)cs1. The van der Waals surface area contributed by atoms with Crippen LogP contribution in [0, 0.1) is 12.7 Å². The van der Waals surface area contributed by atoms with Crippen LogP contribution in [-0.4, -0.2) is 6.29 Å². The Labute approximate surface area is 91.2 Å². The monoisotopic (exact) mass is 220 g/mol. The normalized spacial score (nSPS) is 10.3. The molecule has 0 unspecified atom stereocenters. The van der Waals surface area contributed by atoms with Crippen LogP contribution in [0.1, 0.15) is 15.9 Å². The molecule has 0 radical (unpaired) electrons. The van der Waals surface area contributed by atoms with Crippen molar-refractivity contribution >= 4 is 17.6 Å². The highest BCUT2D eigenvalue weighted by atomic mass is 32.1. The van der Waals surface area contributed by atoms with E-state index in [1.165, 1.54) is 17.4 Å². The summed E-state index contributed by atoms with van der Waals surface area (Å²) in [6, 6.07) is 6.75. The Morgan fingerprint density at radius 3 is 2.87 bits per heavy atom. The van der Waals surface area contributed by atoms with Crippen molar-refractivity contribution in [2.45, 2.75) is 6.92 Å². The van der Waals surface area contributed by atoms with Gasteiger partial charge in [0.1, 0.15) is 5.82 Å². The number of aldehydes is 1. The van der Waals surface area contributed by atoms with Gasteiger partial charge in [0.15, 0.2) is 6.29 Å². The maximum absolute atomic E-state index is 13.3. The van der Waals surface area contributed by atoms with Crippen molar-refractivity contribution in [3.63, 3.8) is 0 Å². The molecular formula is C12H9FOS. The topological polar surface area (TPSA) is 17.1 Å². The molecule has 0 aliphatic rings. The quantitative estimate of drug-likeness (QED) is 0.706. The van der Waals surface area contributed by atoms with E-state index >= 15 is 0 Å². The third-order valence-electron chi connectivity index (χ3n) is 2.29. The van der Waals surface area contributed by atoms with Gasteiger partial charge in [0.25, 0.3) is 0 Å². The maximum Gasteiger partial charge on any atom is 0.150 e. The van der Waals surface area contributed by atoms with Gasteiger partial charge in [0.2, 0.25) is 0 Å². The second-order valence-corrected chi connectivity index (χ2v) is 4.19. The first-order valence-corrected chi connectivity index (χ1v) is 5.39. The van der Waals surface area contributed by atoms with E-state index < -0.39 is 0 Å². The van der Waals surface area contributed by atoms with Gasteiger partial charge < -0.3 is 0 Å². The average molecular weight is 220 g/mol. The number of hydrogen-bond donors (Lipinski definition) is 0. The molecule has 0 aliphatic carbocycles. The third kappa shape index (κ3) is 1.83. The molecule has 0 saturated heterocycles. The van der Waals surface area contributed by atoms with Crippen molar-refractivity contribution in [1.29, 1.82) is 0 Å². The Bertz CT molecular complexity index is 502. The standard InChI is InChI=1S/C12H9FOS/c1-8-10(3-2-4-11(8)13)12-5-9(6-14)7-15-12/h2-7H,1H3. The zero-order chi connectivity index (χ0) is 10.8. The number of carbonyl (C=O) groups excluding carboxylic acids is 1. The highest BCUT2D eigenvalue weighted by Crippen LogP contribution is 2.30. The molecule has 1 nitrogen and oxygen atoms in total. The average Bonchev–Trinajstić information content (AvgIpc) is 2.70. The highest BCUT2D eigenvalue weighted by Gasteiger charge is 2.07. The molecule has 2 rings (SSSR count). The highest BCUT2D eigenvalue weighted by molar-refractivity contribution is 7.13. The van der Waals surface area contributed by atoms with E-state index in [1.807, 2.05) is 6.07 Å². The molecule has 0 spiro atoms. The molecule has 3 heteroatoms. The van der Waals surface area contributed by atoms with Gasteiger partial charge in [0, 0.05) is 15.8 Å². The number of thiophene rings is 1. The molecule has 0 N–H and O–H groups in total. The Balaban J connectivity index is 2.53. The fourth-order valence-electron chi connectivity index (χ4n) is 1.43. The second kappa shape index (κ2) is 3.95. The lowest BCUT2D eigenvalue weighted by Crippen LogP contribution is -1.85. The van der Waals surface area contributed by atoms with Gasteiger partial charge >= 0.3 is 0 Å². The molecule has 0 bridgehead atoms. The summed E-state index contributed by atoms with van der Waals surface area (Å²) in [5, 5.41) is 1.77. The van der Waals surface area contributed by atoms with Crippen LogP contribution in [0.25, 0.3) is 10.4 Å². The summed E-state index contributed by atoms with van der Waals surface area (Å²) >= 11 is 1.45. The first-order valence-electron chi connectivity index (χ1n) is 4.51. The molecule has 2 aromatic rings. The lowest BCUT2D eigenvalue weighted by atomic mass is 10.1. The van der Waals surface area contributed by atoms with Crippen LogP contribution < -0.4 is 0 Å². The largest absolute Gasteiger partial charge is 0.298 e. The van der Waals surface area contributed by atoms with Gasteiger partial charge in [-0.1, -0.05) is 12.1 Å². The Morgan fingerprint density at radius 1 is 1.40 bits per heavy atom. The van der Waals surface area contributed by atoms with Gasteiger partial charge in [-0.25, -0.2) is 4.39 Å². The van der Waals surface area contributed by atoms with Crippen LogP contribution in [-0.2, 0) is 0 Å². The lowest BCUT2D eigenvalue weighted by Gasteiger charge is -2.03. The molecule has 1 heterocycles. The van der Waals surface area contributed by atoms with E-state index in [2.05, 4.69) is 0 Å². The Hall–Kier alpha value is -1.48. The van der Waals surface area contributed by atoms with Crippen LogP contribution >= 0.6 is 11.3 Å². The van der Waals surface area contributed by atoms with Crippen molar-refractivity contribution in [2.24, 2.45) is 0 Å². The van der Waals surface area contributed by atoms with E-state index in [0.717, 1.165) is 16.7 Å². The molecule has 0 saturated carbocycles. The van der Waals surface area contributed by atoms with Crippen LogP contribution in [0.2, 0.25) is 0 Å². The molecule has 0 aliphatic heterocycles. The van der Waals surface area contributed by atoms with Gasteiger partial charge in [-0.05, 0) is 30.2 Å². The maximum atomic E-state index is 13.3. The summed E-state index contributed by atoms with van der Waals surface area (Å²) < 4.78 is 13.3. The molecule has 15 heavy (non-hydrogen) atoms. The zero-order valence-electron chi connectivity index (χ0n) is 8.16. The third-order valence-corrected chi connectivity index (χ3v) is 3.27. The summed E-state index contributed by atoms with van der Waals surface area (Å²) in [4.78, 5) is 11.5. The molecule has 0 amide bonds. The second-order valence-electron chi connectivity index (χ2n) is 3.27. The molecule has 76 valence electrons. The number of carbonyl (C=O) groups is 1. The van der Waals surface area contributed by atoms with Gasteiger partial charge in [0.05, 0.1) is 0 Å². The van der Waals surface area contributed by atoms with Gasteiger partial charge in [-0.2, -0.15) is 0 Å². The van der Waals surface area contributed by atoms with Crippen molar-refractivity contribution in [3.8, 4) is 10.4 Å². The Morgan fingerprint density at radius 2 is 2.20 bits per heavy atom. The summed E-state index contributed by atoms with van der Waals surface area (Å²) in [5.74, 6) is -0.214. The smallest absolute Gasteiger partial charge is 0.150 e. The fourth-order valence-corrected chi connectivity index (χ4v) is 2.37. The minimum atomic E-state index is -0.214. The van der Waals surface area contributed by atoms with Crippen LogP contribution in [0.15, 0.2) is 29.6 Å². The fraction of sp³-hybridized carbons (Fsp3) is 0.0833. The van der Waals surface area contributed by atoms with Crippen molar-refractivity contribution < 1.29 is 9.18 Å². The summed E-state index contributed by atoms with van der Waals surface area (Å²) in [5.41, 5.74) is 2.11. The van der Waals surface area contributed by atoms with E-state index in [-0.39, 0.29) is 5.82 Å². The zero-order valence-corrected chi connectivity index (χ0v) is 8.98. The number of benzene rings is 1. The number of rotatable bonds is 2. The van der Waals surface area contributed by atoms with Crippen LogP contribution in [0.4, 0.5) is 4.39 Å². The molecule has 0 atom stereocenters. The summed E-state index contributed by atoms with van der Waals surface area (Å²) in [6.45, 7) is 1.74. The first-order chi connectivity index (χ1) is 7.22. The number of halogens is 1. The van der Waals surface area contributed by atoms with Gasteiger partial charge in [-0.3, -0.25) is 4.79 Å². The predicted octanol–water partition coefficient (Wildman–Crippen LogP) is 3.68. The Kier molecular flexibility index (Phi) is 2.64. The van der Waals surface area contributed by atoms with Crippen molar-refractivity contribution in [3.05, 3.63) is 46.6 Å². The van der Waals surface area contributed by atoms with Crippen molar-refractivity contribution in [1.82, 2.24) is 0 Å². The van der Waals surface area contributed by atoms with E-state index in [9.17, 15) is 9.18 Å². The summed E-state index contributed by atoms with van der Waals surface area (Å²) in [6.07, 6.45) is 0.800.